The predicted octanol–water partition coefficient (Wildman–Crippen LogP) is 4.58. The summed E-state index contributed by atoms with van der Waals surface area (Å²) in [6.45, 7) is 2.95. The van der Waals surface area contributed by atoms with Crippen LogP contribution < -0.4 is 0 Å². The predicted molar refractivity (Wildman–Crippen MR) is 95.8 cm³/mol. The van der Waals surface area contributed by atoms with E-state index in [4.69, 9.17) is 0 Å². The second-order valence-electron chi connectivity index (χ2n) is 6.74. The summed E-state index contributed by atoms with van der Waals surface area (Å²) in [6.07, 6.45) is 4.53. The van der Waals surface area contributed by atoms with Crippen LogP contribution in [0.2, 0.25) is 0 Å². The number of carboxylic acids is 1. The second kappa shape index (κ2) is 5.82. The van der Waals surface area contributed by atoms with Crippen LogP contribution in [0.1, 0.15) is 45.6 Å². The van der Waals surface area contributed by atoms with Gasteiger partial charge >= 0.3 is 5.97 Å². The second-order valence-corrected chi connectivity index (χ2v) is 6.74. The molecule has 0 atom stereocenters. The standard InChI is InChI=1S/C21H21NO2/c1-14-6-8-15(9-7-14)13-22-19-5-3-2-4-17(19)18-12-16(21(23)24)10-11-20(18)22/h6-12H,2-5,13H2,1H3,(H,23,24). The molecule has 0 aliphatic heterocycles. The van der Waals surface area contributed by atoms with Crippen LogP contribution in [0.25, 0.3) is 10.9 Å². The first kappa shape index (κ1) is 15.0. The molecular formula is C21H21NO2. The zero-order chi connectivity index (χ0) is 16.7. The van der Waals surface area contributed by atoms with E-state index in [1.54, 1.807) is 6.07 Å². The van der Waals surface area contributed by atoms with Gasteiger partial charge in [0.15, 0.2) is 0 Å². The fourth-order valence-corrected chi connectivity index (χ4v) is 3.83. The molecule has 0 saturated carbocycles. The highest BCUT2D eigenvalue weighted by Crippen LogP contribution is 2.33. The molecule has 1 aliphatic rings. The van der Waals surface area contributed by atoms with E-state index in [1.165, 1.54) is 35.2 Å². The number of aromatic nitrogens is 1. The molecule has 0 unspecified atom stereocenters. The fraction of sp³-hybridized carbons (Fsp3) is 0.286. The molecule has 3 aromatic rings. The third-order valence-corrected chi connectivity index (χ3v) is 5.09. The lowest BCUT2D eigenvalue weighted by molar-refractivity contribution is 0.0697. The highest BCUT2D eigenvalue weighted by Gasteiger charge is 2.21. The van der Waals surface area contributed by atoms with Crippen molar-refractivity contribution in [2.24, 2.45) is 0 Å². The van der Waals surface area contributed by atoms with E-state index in [0.29, 0.717) is 5.56 Å². The summed E-state index contributed by atoms with van der Waals surface area (Å²) in [5.74, 6) is -0.854. The van der Waals surface area contributed by atoms with Crippen LogP contribution in [0.15, 0.2) is 42.5 Å². The number of rotatable bonds is 3. The van der Waals surface area contributed by atoms with Crippen LogP contribution >= 0.6 is 0 Å². The van der Waals surface area contributed by atoms with Crippen molar-refractivity contribution in [3.05, 3.63) is 70.4 Å². The van der Waals surface area contributed by atoms with Crippen LogP contribution in [0.5, 0.6) is 0 Å². The number of carbonyl (C=O) groups is 1. The van der Waals surface area contributed by atoms with Gasteiger partial charge in [0.1, 0.15) is 0 Å². The van der Waals surface area contributed by atoms with Crippen LogP contribution in [-0.4, -0.2) is 15.6 Å². The molecule has 1 N–H and O–H groups in total. The Morgan fingerprint density at radius 2 is 1.83 bits per heavy atom. The number of fused-ring (bicyclic) bond motifs is 3. The van der Waals surface area contributed by atoms with Gasteiger partial charge in [0.05, 0.1) is 5.56 Å². The van der Waals surface area contributed by atoms with Crippen molar-refractivity contribution in [2.45, 2.75) is 39.2 Å². The molecule has 1 aromatic heterocycles. The molecule has 24 heavy (non-hydrogen) atoms. The zero-order valence-electron chi connectivity index (χ0n) is 13.9. The lowest BCUT2D eigenvalue weighted by atomic mass is 9.95. The maximum Gasteiger partial charge on any atom is 0.335 e. The van der Waals surface area contributed by atoms with Crippen molar-refractivity contribution in [3.8, 4) is 0 Å². The van der Waals surface area contributed by atoms with Crippen LogP contribution in [0.3, 0.4) is 0 Å². The Morgan fingerprint density at radius 1 is 1.08 bits per heavy atom. The Morgan fingerprint density at radius 3 is 2.58 bits per heavy atom. The molecule has 122 valence electrons. The zero-order valence-corrected chi connectivity index (χ0v) is 13.9. The number of hydrogen-bond donors (Lipinski definition) is 1. The summed E-state index contributed by atoms with van der Waals surface area (Å²) < 4.78 is 2.39. The first-order valence-corrected chi connectivity index (χ1v) is 8.56. The van der Waals surface area contributed by atoms with Crippen molar-refractivity contribution in [1.82, 2.24) is 4.57 Å². The number of nitrogens with zero attached hydrogens (tertiary/aromatic N) is 1. The molecular weight excluding hydrogens is 298 g/mol. The average Bonchev–Trinajstić information content (AvgIpc) is 2.90. The smallest absolute Gasteiger partial charge is 0.335 e. The van der Waals surface area contributed by atoms with Crippen molar-refractivity contribution < 1.29 is 9.90 Å². The van der Waals surface area contributed by atoms with E-state index < -0.39 is 5.97 Å². The van der Waals surface area contributed by atoms with Gasteiger partial charge in [-0.15, -0.1) is 0 Å². The fourth-order valence-electron chi connectivity index (χ4n) is 3.83. The summed E-state index contributed by atoms with van der Waals surface area (Å²) in [7, 11) is 0. The normalized spacial score (nSPS) is 13.9. The largest absolute Gasteiger partial charge is 0.478 e. The van der Waals surface area contributed by atoms with Crippen molar-refractivity contribution in [3.63, 3.8) is 0 Å². The van der Waals surface area contributed by atoms with Gasteiger partial charge in [-0.1, -0.05) is 29.8 Å². The molecule has 0 spiro atoms. The first-order chi connectivity index (χ1) is 11.6. The molecule has 0 fully saturated rings. The van der Waals surface area contributed by atoms with Gasteiger partial charge in [-0.05, 0) is 61.9 Å². The van der Waals surface area contributed by atoms with Gasteiger partial charge in [0.25, 0.3) is 0 Å². The van der Waals surface area contributed by atoms with Gasteiger partial charge < -0.3 is 9.67 Å². The minimum atomic E-state index is -0.854. The summed E-state index contributed by atoms with van der Waals surface area (Å²) in [5, 5.41) is 10.4. The molecule has 3 nitrogen and oxygen atoms in total. The molecule has 3 heteroatoms. The molecule has 4 rings (SSSR count). The SMILES string of the molecule is Cc1ccc(Cn2c3c(c4cc(C(=O)O)ccc42)CCCC3)cc1. The Hall–Kier alpha value is -2.55. The monoisotopic (exact) mass is 319 g/mol. The quantitative estimate of drug-likeness (QED) is 0.768. The van der Waals surface area contributed by atoms with Gasteiger partial charge in [-0.3, -0.25) is 0 Å². The van der Waals surface area contributed by atoms with Crippen molar-refractivity contribution >= 4 is 16.9 Å². The molecule has 1 heterocycles. The highest BCUT2D eigenvalue weighted by atomic mass is 16.4. The lowest BCUT2D eigenvalue weighted by Crippen LogP contribution is -2.09. The third-order valence-electron chi connectivity index (χ3n) is 5.09. The van der Waals surface area contributed by atoms with E-state index in [0.717, 1.165) is 30.3 Å². The van der Waals surface area contributed by atoms with E-state index in [1.807, 2.05) is 12.1 Å². The highest BCUT2D eigenvalue weighted by molar-refractivity contribution is 5.95. The summed E-state index contributed by atoms with van der Waals surface area (Å²) >= 11 is 0. The number of hydrogen-bond acceptors (Lipinski definition) is 1. The van der Waals surface area contributed by atoms with E-state index >= 15 is 0 Å². The first-order valence-electron chi connectivity index (χ1n) is 8.56. The summed E-state index contributed by atoms with van der Waals surface area (Å²) in [5.41, 5.74) is 6.83. The third kappa shape index (κ3) is 2.50. The topological polar surface area (TPSA) is 42.2 Å². The van der Waals surface area contributed by atoms with Gasteiger partial charge in [-0.25, -0.2) is 4.79 Å². The summed E-state index contributed by atoms with van der Waals surface area (Å²) in [6, 6.07) is 14.2. The molecule has 0 saturated heterocycles. The van der Waals surface area contributed by atoms with Crippen molar-refractivity contribution in [2.75, 3.05) is 0 Å². The number of aromatic carboxylic acids is 1. The Balaban J connectivity index is 1.87. The maximum absolute atomic E-state index is 11.3. The van der Waals surface area contributed by atoms with Crippen LogP contribution in [0.4, 0.5) is 0 Å². The Bertz CT molecular complexity index is 919. The van der Waals surface area contributed by atoms with E-state index in [2.05, 4.69) is 35.8 Å². The van der Waals surface area contributed by atoms with E-state index in [-0.39, 0.29) is 0 Å². The molecule has 0 amide bonds. The minimum Gasteiger partial charge on any atom is -0.478 e. The average molecular weight is 319 g/mol. The maximum atomic E-state index is 11.3. The Labute approximate surface area is 141 Å². The lowest BCUT2D eigenvalue weighted by Gasteiger charge is -2.16. The van der Waals surface area contributed by atoms with Gasteiger partial charge in [0, 0.05) is 23.1 Å². The molecule has 1 aliphatic carbocycles. The molecule has 2 aromatic carbocycles. The van der Waals surface area contributed by atoms with E-state index in [9.17, 15) is 9.90 Å². The molecule has 0 radical (unpaired) electrons. The van der Waals surface area contributed by atoms with Crippen molar-refractivity contribution in [1.29, 1.82) is 0 Å². The van der Waals surface area contributed by atoms with Gasteiger partial charge in [0.2, 0.25) is 0 Å². The molecule has 0 bridgehead atoms. The number of aryl methyl sites for hydroxylation is 2. The van der Waals surface area contributed by atoms with Crippen LogP contribution in [-0.2, 0) is 19.4 Å². The van der Waals surface area contributed by atoms with Gasteiger partial charge in [-0.2, -0.15) is 0 Å². The Kier molecular flexibility index (Phi) is 3.64. The van der Waals surface area contributed by atoms with Crippen LogP contribution in [0, 0.1) is 6.92 Å². The number of benzene rings is 2. The minimum absolute atomic E-state index is 0.378. The summed E-state index contributed by atoms with van der Waals surface area (Å²) in [4.78, 5) is 11.3. The number of carboxylic acid groups (broad SMARTS) is 1.